The van der Waals surface area contributed by atoms with E-state index in [-0.39, 0.29) is 11.7 Å². The molecule has 1 saturated heterocycles. The predicted molar refractivity (Wildman–Crippen MR) is 66.8 cm³/mol. The van der Waals surface area contributed by atoms with Gasteiger partial charge < -0.3 is 5.32 Å². The fraction of sp³-hybridized carbons (Fsp3) is 0.818. The van der Waals surface area contributed by atoms with Crippen LogP contribution in [0, 0.1) is 5.92 Å². The Balaban J connectivity index is 2.27. The van der Waals surface area contributed by atoms with E-state index >= 15 is 0 Å². The average molecular weight is 246 g/mol. The Kier molecular flexibility index (Phi) is 6.01. The van der Waals surface area contributed by atoms with Crippen LogP contribution in [-0.2, 0) is 10.0 Å². The maximum absolute atomic E-state index is 11.7. The molecule has 0 aliphatic carbocycles. The van der Waals surface area contributed by atoms with Gasteiger partial charge in [-0.3, -0.25) is 0 Å². The van der Waals surface area contributed by atoms with Crippen molar-refractivity contribution < 1.29 is 8.42 Å². The van der Waals surface area contributed by atoms with Crippen LogP contribution in [0.25, 0.3) is 0 Å². The van der Waals surface area contributed by atoms with E-state index in [1.165, 1.54) is 0 Å². The Morgan fingerprint density at radius 3 is 2.94 bits per heavy atom. The van der Waals surface area contributed by atoms with Crippen LogP contribution in [0.1, 0.15) is 26.2 Å². The number of rotatable bonds is 6. The molecule has 0 spiro atoms. The van der Waals surface area contributed by atoms with Gasteiger partial charge >= 0.3 is 0 Å². The number of hydrogen-bond donors (Lipinski definition) is 2. The minimum Gasteiger partial charge on any atom is -0.316 e. The Morgan fingerprint density at radius 2 is 2.31 bits per heavy atom. The number of nitrogens with one attached hydrogen (secondary N) is 2. The van der Waals surface area contributed by atoms with Crippen molar-refractivity contribution >= 4 is 10.0 Å². The molecule has 4 nitrogen and oxygen atoms in total. The van der Waals surface area contributed by atoms with E-state index in [1.807, 2.05) is 19.1 Å². The minimum absolute atomic E-state index is 0.260. The van der Waals surface area contributed by atoms with Crippen LogP contribution >= 0.6 is 0 Å². The van der Waals surface area contributed by atoms with Crippen molar-refractivity contribution in [2.45, 2.75) is 26.2 Å². The molecule has 0 bridgehead atoms. The van der Waals surface area contributed by atoms with E-state index in [0.29, 0.717) is 6.54 Å². The van der Waals surface area contributed by atoms with Crippen molar-refractivity contribution in [1.82, 2.24) is 10.0 Å². The summed E-state index contributed by atoms with van der Waals surface area (Å²) in [5.41, 5.74) is 0. The smallest absolute Gasteiger partial charge is 0.211 e. The van der Waals surface area contributed by atoms with Crippen molar-refractivity contribution in [3.63, 3.8) is 0 Å². The molecule has 1 unspecified atom stereocenters. The van der Waals surface area contributed by atoms with Gasteiger partial charge in [-0.15, -0.1) is 0 Å². The predicted octanol–water partition coefficient (Wildman–Crippen LogP) is 0.872. The van der Waals surface area contributed by atoms with Crippen LogP contribution in [0.4, 0.5) is 0 Å². The van der Waals surface area contributed by atoms with Gasteiger partial charge in [0.1, 0.15) is 0 Å². The number of sulfonamides is 1. The largest absolute Gasteiger partial charge is 0.316 e. The summed E-state index contributed by atoms with van der Waals surface area (Å²) in [5, 5.41) is 3.23. The summed E-state index contributed by atoms with van der Waals surface area (Å²) in [4.78, 5) is 0. The van der Waals surface area contributed by atoms with E-state index in [2.05, 4.69) is 10.0 Å². The molecule has 1 rings (SSSR count). The van der Waals surface area contributed by atoms with Crippen molar-refractivity contribution in [3.8, 4) is 0 Å². The van der Waals surface area contributed by atoms with Gasteiger partial charge in [-0.2, -0.15) is 0 Å². The molecule has 0 amide bonds. The Bertz CT molecular complexity index is 306. The number of allylic oxidation sites excluding steroid dienone is 1. The zero-order valence-electron chi connectivity index (χ0n) is 9.91. The molecule has 1 aliphatic rings. The SMILES string of the molecule is C/C=C/CCNS(=O)(=O)CC1CCCNC1. The summed E-state index contributed by atoms with van der Waals surface area (Å²) in [6.45, 7) is 4.29. The van der Waals surface area contributed by atoms with Crippen molar-refractivity contribution in [1.29, 1.82) is 0 Å². The molecule has 1 heterocycles. The third-order valence-electron chi connectivity index (χ3n) is 2.72. The molecule has 2 N–H and O–H groups in total. The third kappa shape index (κ3) is 5.63. The molecular formula is C11H22N2O2S. The summed E-state index contributed by atoms with van der Waals surface area (Å²) < 4.78 is 26.0. The topological polar surface area (TPSA) is 58.2 Å². The molecule has 1 fully saturated rings. The molecule has 0 saturated carbocycles. The third-order valence-corrected chi connectivity index (χ3v) is 4.28. The second kappa shape index (κ2) is 7.04. The van der Waals surface area contributed by atoms with Gasteiger partial charge in [0.05, 0.1) is 5.75 Å². The highest BCUT2D eigenvalue weighted by atomic mass is 32.2. The van der Waals surface area contributed by atoms with Crippen LogP contribution in [0.5, 0.6) is 0 Å². The van der Waals surface area contributed by atoms with E-state index in [4.69, 9.17) is 0 Å². The zero-order chi connectivity index (χ0) is 11.9. The summed E-state index contributed by atoms with van der Waals surface area (Å²) >= 11 is 0. The van der Waals surface area contributed by atoms with Crippen LogP contribution in [0.2, 0.25) is 0 Å². The highest BCUT2D eigenvalue weighted by molar-refractivity contribution is 7.89. The first-order valence-corrected chi connectivity index (χ1v) is 7.58. The van der Waals surface area contributed by atoms with E-state index < -0.39 is 10.0 Å². The van der Waals surface area contributed by atoms with Gasteiger partial charge in [0, 0.05) is 6.54 Å². The van der Waals surface area contributed by atoms with Gasteiger partial charge in [-0.05, 0) is 45.2 Å². The summed E-state index contributed by atoms with van der Waals surface area (Å²) in [6.07, 6.45) is 6.75. The number of piperidine rings is 1. The van der Waals surface area contributed by atoms with E-state index in [0.717, 1.165) is 32.4 Å². The van der Waals surface area contributed by atoms with Gasteiger partial charge in [-0.25, -0.2) is 13.1 Å². The maximum Gasteiger partial charge on any atom is 0.211 e. The normalized spacial score (nSPS) is 22.7. The van der Waals surface area contributed by atoms with E-state index in [9.17, 15) is 8.42 Å². The summed E-state index contributed by atoms with van der Waals surface area (Å²) in [7, 11) is -3.09. The fourth-order valence-electron chi connectivity index (χ4n) is 1.90. The fourth-order valence-corrected chi connectivity index (χ4v) is 3.35. The average Bonchev–Trinajstić information content (AvgIpc) is 2.25. The zero-order valence-corrected chi connectivity index (χ0v) is 10.7. The van der Waals surface area contributed by atoms with Crippen LogP contribution < -0.4 is 10.0 Å². The first-order valence-electron chi connectivity index (χ1n) is 5.93. The molecule has 0 aromatic rings. The first kappa shape index (κ1) is 13.7. The van der Waals surface area contributed by atoms with Crippen LogP contribution in [0.3, 0.4) is 0 Å². The Hall–Kier alpha value is -0.390. The molecule has 0 radical (unpaired) electrons. The molecule has 0 aromatic heterocycles. The van der Waals surface area contributed by atoms with Gasteiger partial charge in [0.25, 0.3) is 0 Å². The Morgan fingerprint density at radius 1 is 1.50 bits per heavy atom. The lowest BCUT2D eigenvalue weighted by Gasteiger charge is -2.22. The molecule has 0 aromatic carbocycles. The lowest BCUT2D eigenvalue weighted by atomic mass is 10.0. The highest BCUT2D eigenvalue weighted by Crippen LogP contribution is 2.11. The molecular weight excluding hydrogens is 224 g/mol. The van der Waals surface area contributed by atoms with Crippen molar-refractivity contribution in [3.05, 3.63) is 12.2 Å². The van der Waals surface area contributed by atoms with Gasteiger partial charge in [0.15, 0.2) is 0 Å². The lowest BCUT2D eigenvalue weighted by molar-refractivity contribution is 0.403. The lowest BCUT2D eigenvalue weighted by Crippen LogP contribution is -2.37. The summed E-state index contributed by atoms with van der Waals surface area (Å²) in [6, 6.07) is 0. The van der Waals surface area contributed by atoms with Crippen molar-refractivity contribution in [2.24, 2.45) is 5.92 Å². The molecule has 1 atom stereocenters. The number of hydrogen-bond acceptors (Lipinski definition) is 3. The molecule has 94 valence electrons. The standard InChI is InChI=1S/C11H22N2O2S/c1-2-3-4-8-13-16(14,15)10-11-6-5-7-12-9-11/h2-3,11-13H,4-10H2,1H3/b3-2+. The maximum atomic E-state index is 11.7. The summed E-state index contributed by atoms with van der Waals surface area (Å²) in [5.74, 6) is 0.531. The second-order valence-corrected chi connectivity index (χ2v) is 6.10. The second-order valence-electron chi connectivity index (χ2n) is 4.25. The van der Waals surface area contributed by atoms with Crippen LogP contribution in [-0.4, -0.2) is 33.8 Å². The van der Waals surface area contributed by atoms with Crippen LogP contribution in [0.15, 0.2) is 12.2 Å². The first-order chi connectivity index (χ1) is 7.64. The quantitative estimate of drug-likeness (QED) is 0.540. The van der Waals surface area contributed by atoms with Gasteiger partial charge in [-0.1, -0.05) is 12.2 Å². The molecule has 16 heavy (non-hydrogen) atoms. The molecule has 1 aliphatic heterocycles. The minimum atomic E-state index is -3.09. The highest BCUT2D eigenvalue weighted by Gasteiger charge is 2.20. The van der Waals surface area contributed by atoms with Gasteiger partial charge in [0.2, 0.25) is 10.0 Å². The van der Waals surface area contributed by atoms with E-state index in [1.54, 1.807) is 0 Å². The Labute approximate surface area is 98.6 Å². The molecule has 5 heteroatoms. The van der Waals surface area contributed by atoms with Crippen molar-refractivity contribution in [2.75, 3.05) is 25.4 Å². The monoisotopic (exact) mass is 246 g/mol.